The van der Waals surface area contributed by atoms with Crippen LogP contribution in [0.4, 0.5) is 11.4 Å². The van der Waals surface area contributed by atoms with Crippen molar-refractivity contribution in [2.45, 2.75) is 32.2 Å². The molecular formula is C23H27N3O4. The summed E-state index contributed by atoms with van der Waals surface area (Å²) in [4.78, 5) is 39.5. The minimum atomic E-state index is -0.884. The zero-order chi connectivity index (χ0) is 21.3. The average molecular weight is 409 g/mol. The summed E-state index contributed by atoms with van der Waals surface area (Å²) in [7, 11) is 0. The van der Waals surface area contributed by atoms with Gasteiger partial charge in [0, 0.05) is 18.8 Å². The van der Waals surface area contributed by atoms with E-state index < -0.39 is 12.0 Å². The number of anilines is 2. The number of piperazine rings is 1. The van der Waals surface area contributed by atoms with E-state index in [0.717, 1.165) is 18.5 Å². The number of ether oxygens (including phenoxy) is 1. The van der Waals surface area contributed by atoms with Gasteiger partial charge in [-0.15, -0.1) is 0 Å². The molecule has 1 fully saturated rings. The van der Waals surface area contributed by atoms with Crippen molar-refractivity contribution in [2.24, 2.45) is 0 Å². The first kappa shape index (κ1) is 21.4. The summed E-state index contributed by atoms with van der Waals surface area (Å²) >= 11 is 0. The first-order valence-corrected chi connectivity index (χ1v) is 10.3. The van der Waals surface area contributed by atoms with Crippen molar-refractivity contribution in [3.8, 4) is 0 Å². The molecule has 1 saturated heterocycles. The van der Waals surface area contributed by atoms with E-state index in [0.29, 0.717) is 30.9 Å². The normalized spacial score (nSPS) is 16.0. The number of rotatable bonds is 8. The second-order valence-electron chi connectivity index (χ2n) is 7.12. The molecular weight excluding hydrogens is 382 g/mol. The first-order valence-electron chi connectivity index (χ1n) is 10.3. The number of amides is 2. The van der Waals surface area contributed by atoms with Crippen LogP contribution in [0.15, 0.2) is 54.6 Å². The van der Waals surface area contributed by atoms with E-state index in [1.54, 1.807) is 12.1 Å². The van der Waals surface area contributed by atoms with Crippen molar-refractivity contribution in [1.82, 2.24) is 10.2 Å². The van der Waals surface area contributed by atoms with Crippen molar-refractivity contribution >= 4 is 29.2 Å². The number of nitrogens with zero attached hydrogens (tertiary/aromatic N) is 1. The second-order valence-corrected chi connectivity index (χ2v) is 7.12. The largest absolute Gasteiger partial charge is 0.466 e. The number of hydrogen-bond donors (Lipinski definition) is 2. The number of carbonyl (C=O) groups is 3. The summed E-state index contributed by atoms with van der Waals surface area (Å²) < 4.78 is 5.20. The van der Waals surface area contributed by atoms with Crippen LogP contribution in [0.2, 0.25) is 0 Å². The number of nitrogens with one attached hydrogen (secondary N) is 2. The predicted octanol–water partition coefficient (Wildman–Crippen LogP) is 3.10. The van der Waals surface area contributed by atoms with Crippen LogP contribution in [-0.2, 0) is 14.3 Å². The molecule has 2 aromatic rings. The lowest BCUT2D eigenvalue weighted by Crippen LogP contribution is -2.57. The van der Waals surface area contributed by atoms with Crippen molar-refractivity contribution < 1.29 is 19.1 Å². The topological polar surface area (TPSA) is 87.7 Å². The Balaban J connectivity index is 1.78. The molecule has 30 heavy (non-hydrogen) atoms. The number of hydrogen-bond acceptors (Lipinski definition) is 5. The van der Waals surface area contributed by atoms with Gasteiger partial charge in [0.05, 0.1) is 24.3 Å². The SMILES string of the molecule is CCCCOC(=O)CC1C(=O)NCCN1C(=O)c1ccccc1Nc1ccccc1. The van der Waals surface area contributed by atoms with Crippen LogP contribution >= 0.6 is 0 Å². The Morgan fingerprint density at radius 2 is 1.87 bits per heavy atom. The van der Waals surface area contributed by atoms with Crippen molar-refractivity contribution in [1.29, 1.82) is 0 Å². The van der Waals surface area contributed by atoms with Crippen molar-refractivity contribution in [3.63, 3.8) is 0 Å². The Morgan fingerprint density at radius 3 is 2.63 bits per heavy atom. The van der Waals surface area contributed by atoms with Gasteiger partial charge in [-0.25, -0.2) is 0 Å². The number of carbonyl (C=O) groups excluding carboxylic acids is 3. The van der Waals surface area contributed by atoms with E-state index in [9.17, 15) is 14.4 Å². The fourth-order valence-electron chi connectivity index (χ4n) is 3.32. The molecule has 3 rings (SSSR count). The Labute approximate surface area is 176 Å². The Kier molecular flexibility index (Phi) is 7.43. The molecule has 158 valence electrons. The Hall–Kier alpha value is -3.35. The molecule has 0 aromatic heterocycles. The summed E-state index contributed by atoms with van der Waals surface area (Å²) in [5, 5.41) is 5.99. The lowest BCUT2D eigenvalue weighted by atomic mass is 10.1. The Bertz CT molecular complexity index is 885. The number of para-hydroxylation sites is 2. The highest BCUT2D eigenvalue weighted by Crippen LogP contribution is 2.24. The number of unbranched alkanes of at least 4 members (excludes halogenated alkanes) is 1. The highest BCUT2D eigenvalue weighted by Gasteiger charge is 2.36. The van der Waals surface area contributed by atoms with Crippen LogP contribution in [-0.4, -0.2) is 48.4 Å². The molecule has 2 aromatic carbocycles. The molecule has 1 aliphatic heterocycles. The van der Waals surface area contributed by atoms with E-state index in [-0.39, 0.29) is 18.2 Å². The fourth-order valence-corrected chi connectivity index (χ4v) is 3.32. The Morgan fingerprint density at radius 1 is 1.13 bits per heavy atom. The third-order valence-corrected chi connectivity index (χ3v) is 4.92. The van der Waals surface area contributed by atoms with Crippen LogP contribution in [0, 0.1) is 0 Å². The van der Waals surface area contributed by atoms with Crippen LogP contribution in [0.5, 0.6) is 0 Å². The quantitative estimate of drug-likeness (QED) is 0.517. The molecule has 1 heterocycles. The van der Waals surface area contributed by atoms with E-state index in [2.05, 4.69) is 10.6 Å². The molecule has 1 unspecified atom stereocenters. The molecule has 0 bridgehead atoms. The molecule has 1 atom stereocenters. The smallest absolute Gasteiger partial charge is 0.308 e. The van der Waals surface area contributed by atoms with Gasteiger partial charge < -0.3 is 20.3 Å². The summed E-state index contributed by atoms with van der Waals surface area (Å²) in [5.41, 5.74) is 1.94. The summed E-state index contributed by atoms with van der Waals surface area (Å²) in [6, 6.07) is 15.8. The van der Waals surface area contributed by atoms with Gasteiger partial charge in [0.25, 0.3) is 5.91 Å². The van der Waals surface area contributed by atoms with Gasteiger partial charge >= 0.3 is 5.97 Å². The zero-order valence-electron chi connectivity index (χ0n) is 17.1. The highest BCUT2D eigenvalue weighted by atomic mass is 16.5. The minimum absolute atomic E-state index is 0.157. The minimum Gasteiger partial charge on any atom is -0.466 e. The predicted molar refractivity (Wildman–Crippen MR) is 114 cm³/mol. The molecule has 7 heteroatoms. The zero-order valence-corrected chi connectivity index (χ0v) is 17.1. The molecule has 2 amide bonds. The van der Waals surface area contributed by atoms with Gasteiger partial charge in [-0.3, -0.25) is 14.4 Å². The summed E-state index contributed by atoms with van der Waals surface area (Å²) in [6.07, 6.45) is 1.52. The molecule has 0 aliphatic carbocycles. The van der Waals surface area contributed by atoms with Gasteiger partial charge in [-0.1, -0.05) is 43.7 Å². The van der Waals surface area contributed by atoms with Crippen molar-refractivity contribution in [2.75, 3.05) is 25.0 Å². The van der Waals surface area contributed by atoms with Gasteiger partial charge in [0.15, 0.2) is 0 Å². The highest BCUT2D eigenvalue weighted by molar-refractivity contribution is 6.03. The molecule has 0 saturated carbocycles. The third kappa shape index (κ3) is 5.37. The first-order chi connectivity index (χ1) is 14.6. The average Bonchev–Trinajstić information content (AvgIpc) is 2.76. The molecule has 0 spiro atoms. The third-order valence-electron chi connectivity index (χ3n) is 4.92. The van der Waals surface area contributed by atoms with Crippen LogP contribution < -0.4 is 10.6 Å². The molecule has 7 nitrogen and oxygen atoms in total. The standard InChI is InChI=1S/C23H27N3O4/c1-2-3-15-30-21(27)16-20-22(28)24-13-14-26(20)23(29)18-11-7-8-12-19(18)25-17-9-5-4-6-10-17/h4-12,20,25H,2-3,13-16H2,1H3,(H,24,28). The maximum absolute atomic E-state index is 13.4. The van der Waals surface area contributed by atoms with Gasteiger partial charge in [-0.05, 0) is 30.7 Å². The fraction of sp³-hybridized carbons (Fsp3) is 0.348. The second kappa shape index (κ2) is 10.4. The molecule has 1 aliphatic rings. The monoisotopic (exact) mass is 409 g/mol. The van der Waals surface area contributed by atoms with Gasteiger partial charge in [0.2, 0.25) is 5.91 Å². The number of esters is 1. The van der Waals surface area contributed by atoms with Crippen molar-refractivity contribution in [3.05, 3.63) is 60.2 Å². The lowest BCUT2D eigenvalue weighted by molar-refractivity contribution is -0.147. The maximum atomic E-state index is 13.4. The lowest BCUT2D eigenvalue weighted by Gasteiger charge is -2.35. The van der Waals surface area contributed by atoms with Crippen LogP contribution in [0.1, 0.15) is 36.5 Å². The molecule has 0 radical (unpaired) electrons. The van der Waals surface area contributed by atoms with Gasteiger partial charge in [-0.2, -0.15) is 0 Å². The van der Waals surface area contributed by atoms with Crippen LogP contribution in [0.25, 0.3) is 0 Å². The molecule has 2 N–H and O–H groups in total. The maximum Gasteiger partial charge on any atom is 0.308 e. The summed E-state index contributed by atoms with van der Waals surface area (Å²) in [5.74, 6) is -1.11. The van der Waals surface area contributed by atoms with Crippen LogP contribution in [0.3, 0.4) is 0 Å². The van der Waals surface area contributed by atoms with E-state index >= 15 is 0 Å². The summed E-state index contributed by atoms with van der Waals surface area (Å²) in [6.45, 7) is 3.00. The van der Waals surface area contributed by atoms with E-state index in [1.807, 2.05) is 49.4 Å². The van der Waals surface area contributed by atoms with E-state index in [1.165, 1.54) is 4.90 Å². The van der Waals surface area contributed by atoms with Gasteiger partial charge in [0.1, 0.15) is 6.04 Å². The number of benzene rings is 2. The van der Waals surface area contributed by atoms with E-state index in [4.69, 9.17) is 4.74 Å².